The standard InChI is InChI=1S/C24H23F3N4O2/c1-16-2-4-18(5-3-16)14-30-15-19(12-22(30)32)23(33)28-13-17-6-8-20(9-7-17)31-11-10-21(29-31)24(25,26)27/h2-11,19H,12-15H2,1H3,(H,28,33). The van der Waals surface area contributed by atoms with Crippen LogP contribution in [0.25, 0.3) is 5.69 Å². The van der Waals surface area contributed by atoms with Crippen LogP contribution >= 0.6 is 0 Å². The zero-order valence-electron chi connectivity index (χ0n) is 18.0. The van der Waals surface area contributed by atoms with Crippen LogP contribution in [0.4, 0.5) is 13.2 Å². The monoisotopic (exact) mass is 456 g/mol. The van der Waals surface area contributed by atoms with Crippen LogP contribution in [0, 0.1) is 12.8 Å². The van der Waals surface area contributed by atoms with Gasteiger partial charge >= 0.3 is 6.18 Å². The first-order valence-electron chi connectivity index (χ1n) is 10.5. The van der Waals surface area contributed by atoms with Crippen LogP contribution in [0.15, 0.2) is 60.8 Å². The molecular weight excluding hydrogens is 433 g/mol. The number of aryl methyl sites for hydroxylation is 1. The number of likely N-dealkylation sites (tertiary alicyclic amines) is 1. The lowest BCUT2D eigenvalue weighted by Gasteiger charge is -2.17. The molecule has 6 nitrogen and oxygen atoms in total. The number of carbonyl (C=O) groups is 2. The molecule has 0 radical (unpaired) electrons. The minimum atomic E-state index is -4.49. The van der Waals surface area contributed by atoms with E-state index in [1.54, 1.807) is 29.2 Å². The summed E-state index contributed by atoms with van der Waals surface area (Å²) in [7, 11) is 0. The van der Waals surface area contributed by atoms with Crippen molar-refractivity contribution in [3.63, 3.8) is 0 Å². The summed E-state index contributed by atoms with van der Waals surface area (Å²) < 4.78 is 39.3. The third kappa shape index (κ3) is 5.42. The van der Waals surface area contributed by atoms with Gasteiger partial charge < -0.3 is 10.2 Å². The second-order valence-electron chi connectivity index (χ2n) is 8.19. The Bertz CT molecular complexity index is 1140. The highest BCUT2D eigenvalue weighted by atomic mass is 19.4. The van der Waals surface area contributed by atoms with E-state index in [-0.39, 0.29) is 24.8 Å². The molecule has 1 unspecified atom stereocenters. The Morgan fingerprint density at radius 1 is 1.06 bits per heavy atom. The van der Waals surface area contributed by atoms with Crippen LogP contribution in [-0.2, 0) is 28.9 Å². The van der Waals surface area contributed by atoms with Gasteiger partial charge in [0.2, 0.25) is 11.8 Å². The van der Waals surface area contributed by atoms with Crippen molar-refractivity contribution in [3.05, 3.63) is 83.2 Å². The number of aromatic nitrogens is 2. The lowest BCUT2D eigenvalue weighted by atomic mass is 10.1. The van der Waals surface area contributed by atoms with E-state index in [0.717, 1.165) is 27.4 Å². The highest BCUT2D eigenvalue weighted by Crippen LogP contribution is 2.28. The summed E-state index contributed by atoms with van der Waals surface area (Å²) >= 11 is 0. The molecule has 0 saturated carbocycles. The van der Waals surface area contributed by atoms with Gasteiger partial charge in [-0.3, -0.25) is 9.59 Å². The van der Waals surface area contributed by atoms with Gasteiger partial charge in [-0.25, -0.2) is 4.68 Å². The zero-order valence-corrected chi connectivity index (χ0v) is 18.0. The first kappa shape index (κ1) is 22.6. The lowest BCUT2D eigenvalue weighted by Crippen LogP contribution is -2.32. The number of benzene rings is 2. The van der Waals surface area contributed by atoms with Crippen molar-refractivity contribution in [1.82, 2.24) is 20.0 Å². The van der Waals surface area contributed by atoms with Crippen molar-refractivity contribution >= 4 is 11.8 Å². The summed E-state index contributed by atoms with van der Waals surface area (Å²) in [6, 6.07) is 15.6. The van der Waals surface area contributed by atoms with Crippen molar-refractivity contribution in [2.24, 2.45) is 5.92 Å². The van der Waals surface area contributed by atoms with Crippen LogP contribution in [0.1, 0.15) is 28.8 Å². The fourth-order valence-corrected chi connectivity index (χ4v) is 3.73. The number of alkyl halides is 3. The van der Waals surface area contributed by atoms with Gasteiger partial charge in [-0.2, -0.15) is 18.3 Å². The van der Waals surface area contributed by atoms with Crippen LogP contribution in [-0.4, -0.2) is 33.0 Å². The van der Waals surface area contributed by atoms with Gasteiger partial charge in [0.15, 0.2) is 5.69 Å². The van der Waals surface area contributed by atoms with Gasteiger partial charge in [0.05, 0.1) is 11.6 Å². The van der Waals surface area contributed by atoms with Gasteiger partial charge in [0, 0.05) is 32.3 Å². The number of nitrogens with zero attached hydrogens (tertiary/aromatic N) is 3. The molecule has 0 aliphatic carbocycles. The first-order chi connectivity index (χ1) is 15.7. The molecule has 1 N–H and O–H groups in total. The van der Waals surface area contributed by atoms with Gasteiger partial charge in [0.1, 0.15) is 0 Å². The highest BCUT2D eigenvalue weighted by Gasteiger charge is 2.34. The number of carbonyl (C=O) groups excluding carboxylic acids is 2. The average Bonchev–Trinajstić information content (AvgIpc) is 3.42. The van der Waals surface area contributed by atoms with E-state index in [9.17, 15) is 22.8 Å². The molecule has 33 heavy (non-hydrogen) atoms. The van der Waals surface area contributed by atoms with Gasteiger partial charge in [0.25, 0.3) is 0 Å². The molecule has 0 spiro atoms. The van der Waals surface area contributed by atoms with Crippen molar-refractivity contribution in [1.29, 1.82) is 0 Å². The van der Waals surface area contributed by atoms with Crippen LogP contribution in [0.2, 0.25) is 0 Å². The number of halogens is 3. The predicted molar refractivity (Wildman–Crippen MR) is 115 cm³/mol. The van der Waals surface area contributed by atoms with E-state index in [1.165, 1.54) is 6.20 Å². The predicted octanol–water partition coefficient (Wildman–Crippen LogP) is 3.86. The summed E-state index contributed by atoms with van der Waals surface area (Å²) in [4.78, 5) is 26.6. The summed E-state index contributed by atoms with van der Waals surface area (Å²) in [5.74, 6) is -0.648. The van der Waals surface area contributed by atoms with E-state index in [0.29, 0.717) is 18.8 Å². The summed E-state index contributed by atoms with van der Waals surface area (Å²) in [6.45, 7) is 3.11. The lowest BCUT2D eigenvalue weighted by molar-refractivity contribution is -0.141. The molecule has 3 aromatic rings. The molecule has 2 amide bonds. The fourth-order valence-electron chi connectivity index (χ4n) is 3.73. The summed E-state index contributed by atoms with van der Waals surface area (Å²) in [6.07, 6.45) is -3.07. The number of hydrogen-bond donors (Lipinski definition) is 1. The second kappa shape index (κ2) is 9.09. The van der Waals surface area contributed by atoms with Crippen molar-refractivity contribution in [3.8, 4) is 5.69 Å². The molecule has 172 valence electrons. The normalized spacial score (nSPS) is 16.3. The Hall–Kier alpha value is -3.62. The molecule has 4 rings (SSSR count). The third-order valence-electron chi connectivity index (χ3n) is 5.63. The van der Waals surface area contributed by atoms with E-state index in [4.69, 9.17) is 0 Å². The molecule has 9 heteroatoms. The maximum absolute atomic E-state index is 12.7. The molecule has 1 saturated heterocycles. The summed E-state index contributed by atoms with van der Waals surface area (Å²) in [5, 5.41) is 6.39. The van der Waals surface area contributed by atoms with E-state index in [1.807, 2.05) is 31.2 Å². The van der Waals surface area contributed by atoms with Crippen LogP contribution in [0.5, 0.6) is 0 Å². The Labute approximate surface area is 189 Å². The molecule has 1 aliphatic heterocycles. The molecule has 0 bridgehead atoms. The maximum Gasteiger partial charge on any atom is 0.435 e. The Balaban J connectivity index is 1.30. The largest absolute Gasteiger partial charge is 0.435 e. The zero-order chi connectivity index (χ0) is 23.6. The fraction of sp³-hybridized carbons (Fsp3) is 0.292. The Morgan fingerprint density at radius 3 is 2.36 bits per heavy atom. The van der Waals surface area contributed by atoms with Gasteiger partial charge in [-0.05, 0) is 36.2 Å². The average molecular weight is 456 g/mol. The molecular formula is C24H23F3N4O2. The SMILES string of the molecule is Cc1ccc(CN2CC(C(=O)NCc3ccc(-n4ccc(C(F)(F)F)n4)cc3)CC2=O)cc1. The molecule has 1 fully saturated rings. The minimum absolute atomic E-state index is 0.0440. The number of nitrogens with one attached hydrogen (secondary N) is 1. The Morgan fingerprint density at radius 2 is 1.73 bits per heavy atom. The minimum Gasteiger partial charge on any atom is -0.352 e. The van der Waals surface area contributed by atoms with Crippen molar-refractivity contribution < 1.29 is 22.8 Å². The molecule has 1 aliphatic rings. The van der Waals surface area contributed by atoms with Gasteiger partial charge in [-0.1, -0.05) is 42.0 Å². The Kier molecular flexibility index (Phi) is 6.22. The number of amides is 2. The van der Waals surface area contributed by atoms with Gasteiger partial charge in [-0.15, -0.1) is 0 Å². The number of hydrogen-bond acceptors (Lipinski definition) is 3. The molecule has 1 aromatic heterocycles. The van der Waals surface area contributed by atoms with Crippen LogP contribution in [0.3, 0.4) is 0 Å². The maximum atomic E-state index is 12.7. The highest BCUT2D eigenvalue weighted by molar-refractivity contribution is 5.89. The molecule has 1 atom stereocenters. The van der Waals surface area contributed by atoms with E-state index in [2.05, 4.69) is 10.4 Å². The van der Waals surface area contributed by atoms with Crippen LogP contribution < -0.4 is 5.32 Å². The van der Waals surface area contributed by atoms with E-state index >= 15 is 0 Å². The van der Waals surface area contributed by atoms with E-state index < -0.39 is 17.8 Å². The van der Waals surface area contributed by atoms with Crippen molar-refractivity contribution in [2.45, 2.75) is 32.6 Å². The molecule has 2 heterocycles. The summed E-state index contributed by atoms with van der Waals surface area (Å²) in [5.41, 5.74) is 2.48. The first-order valence-corrected chi connectivity index (χ1v) is 10.5. The second-order valence-corrected chi connectivity index (χ2v) is 8.19. The topological polar surface area (TPSA) is 67.2 Å². The molecule has 2 aromatic carbocycles. The smallest absolute Gasteiger partial charge is 0.352 e. The quantitative estimate of drug-likeness (QED) is 0.613. The number of rotatable bonds is 6. The third-order valence-corrected chi connectivity index (χ3v) is 5.63. The van der Waals surface area contributed by atoms with Crippen molar-refractivity contribution in [2.75, 3.05) is 6.54 Å².